The Balaban J connectivity index is 1.71. The van der Waals surface area contributed by atoms with Gasteiger partial charge in [0.2, 0.25) is 5.91 Å². The Morgan fingerprint density at radius 1 is 1.04 bits per heavy atom. The monoisotopic (exact) mass is 310 g/mol. The van der Waals surface area contributed by atoms with E-state index in [1.54, 1.807) is 30.3 Å². The highest BCUT2D eigenvalue weighted by Gasteiger charge is 2.00. The summed E-state index contributed by atoms with van der Waals surface area (Å²) < 4.78 is 5.09. The van der Waals surface area contributed by atoms with Gasteiger partial charge in [-0.15, -0.1) is 0 Å². The van der Waals surface area contributed by atoms with E-state index in [9.17, 15) is 9.59 Å². The van der Waals surface area contributed by atoms with Gasteiger partial charge in [0.05, 0.1) is 0 Å². The first-order chi connectivity index (χ1) is 11.1. The number of carbonyl (C=O) groups excluding carboxylic acids is 2. The average molecular weight is 310 g/mol. The molecule has 0 spiro atoms. The van der Waals surface area contributed by atoms with Crippen molar-refractivity contribution in [1.82, 2.24) is 5.32 Å². The van der Waals surface area contributed by atoms with E-state index in [1.807, 2.05) is 36.4 Å². The molecular formula is C18H18N2O3. The lowest BCUT2D eigenvalue weighted by Crippen LogP contribution is -2.24. The van der Waals surface area contributed by atoms with E-state index in [0.717, 1.165) is 11.1 Å². The first-order valence-electron chi connectivity index (χ1n) is 7.16. The molecule has 0 aliphatic heterocycles. The van der Waals surface area contributed by atoms with Crippen LogP contribution in [0.5, 0.6) is 0 Å². The van der Waals surface area contributed by atoms with Gasteiger partial charge in [0.15, 0.2) is 0 Å². The van der Waals surface area contributed by atoms with Crippen molar-refractivity contribution in [3.8, 4) is 0 Å². The Hall–Kier alpha value is -3.08. The zero-order valence-corrected chi connectivity index (χ0v) is 12.6. The molecule has 0 saturated heterocycles. The maximum absolute atomic E-state index is 11.5. The number of amides is 2. The van der Waals surface area contributed by atoms with E-state index < -0.39 is 12.0 Å². The summed E-state index contributed by atoms with van der Waals surface area (Å²) >= 11 is 0. The lowest BCUT2D eigenvalue weighted by molar-refractivity contribution is 0.1000. The first kappa shape index (κ1) is 16.3. The molecule has 2 aromatic rings. The maximum Gasteiger partial charge on any atom is 0.407 e. The lowest BCUT2D eigenvalue weighted by atomic mass is 10.1. The van der Waals surface area contributed by atoms with Gasteiger partial charge < -0.3 is 15.8 Å². The van der Waals surface area contributed by atoms with Gasteiger partial charge in [0.1, 0.15) is 6.61 Å². The summed E-state index contributed by atoms with van der Waals surface area (Å²) in [4.78, 5) is 22.5. The number of nitrogens with two attached hydrogens (primary N) is 1. The third-order valence-electron chi connectivity index (χ3n) is 3.08. The fraction of sp³-hybridized carbons (Fsp3) is 0.111. The molecule has 2 amide bonds. The third-order valence-corrected chi connectivity index (χ3v) is 3.08. The molecule has 0 atom stereocenters. The molecule has 5 nitrogen and oxygen atoms in total. The lowest BCUT2D eigenvalue weighted by Gasteiger charge is -2.05. The molecule has 0 unspecified atom stereocenters. The van der Waals surface area contributed by atoms with Crippen molar-refractivity contribution in [3.63, 3.8) is 0 Å². The smallest absolute Gasteiger partial charge is 0.407 e. The van der Waals surface area contributed by atoms with Crippen molar-refractivity contribution in [1.29, 1.82) is 0 Å². The van der Waals surface area contributed by atoms with Crippen LogP contribution in [0.3, 0.4) is 0 Å². The van der Waals surface area contributed by atoms with Crippen LogP contribution in [0.15, 0.2) is 60.7 Å². The maximum atomic E-state index is 11.5. The molecule has 0 radical (unpaired) electrons. The van der Waals surface area contributed by atoms with Crippen LogP contribution in [0.2, 0.25) is 0 Å². The number of ether oxygens (including phenoxy) is 1. The predicted octanol–water partition coefficient (Wildman–Crippen LogP) is 2.73. The van der Waals surface area contributed by atoms with Gasteiger partial charge in [-0.1, -0.05) is 54.6 Å². The number of hydrogen-bond acceptors (Lipinski definition) is 3. The Bertz CT molecular complexity index is 679. The standard InChI is InChI=1S/C18H18N2O3/c19-17(21)16-10-8-14(9-11-16)7-4-12-20-18(22)23-13-15-5-2-1-3-6-15/h1-11H,12-13H2,(H2,19,21)(H,20,22). The fourth-order valence-corrected chi connectivity index (χ4v) is 1.87. The summed E-state index contributed by atoms with van der Waals surface area (Å²) in [6, 6.07) is 16.4. The van der Waals surface area contributed by atoms with Gasteiger partial charge >= 0.3 is 6.09 Å². The summed E-state index contributed by atoms with van der Waals surface area (Å²) in [5.74, 6) is -0.455. The number of alkyl carbamates (subject to hydrolysis) is 1. The summed E-state index contributed by atoms with van der Waals surface area (Å²) in [5, 5.41) is 2.63. The summed E-state index contributed by atoms with van der Waals surface area (Å²) in [6.45, 7) is 0.593. The van der Waals surface area contributed by atoms with Gasteiger partial charge in [-0.3, -0.25) is 4.79 Å². The normalized spacial score (nSPS) is 10.4. The van der Waals surface area contributed by atoms with E-state index >= 15 is 0 Å². The highest BCUT2D eigenvalue weighted by atomic mass is 16.5. The Morgan fingerprint density at radius 3 is 2.39 bits per heavy atom. The van der Waals surface area contributed by atoms with Crippen LogP contribution in [-0.2, 0) is 11.3 Å². The van der Waals surface area contributed by atoms with Gasteiger partial charge in [-0.05, 0) is 23.3 Å². The van der Waals surface area contributed by atoms with E-state index in [-0.39, 0.29) is 6.61 Å². The van der Waals surface area contributed by atoms with Crippen molar-refractivity contribution in [3.05, 3.63) is 77.4 Å². The fourth-order valence-electron chi connectivity index (χ4n) is 1.87. The molecule has 5 heteroatoms. The van der Waals surface area contributed by atoms with Crippen LogP contribution in [0.4, 0.5) is 4.79 Å². The summed E-state index contributed by atoms with van der Waals surface area (Å²) in [6.07, 6.45) is 3.16. The van der Waals surface area contributed by atoms with Crippen LogP contribution in [0.1, 0.15) is 21.5 Å². The summed E-state index contributed by atoms with van der Waals surface area (Å²) in [7, 11) is 0. The number of rotatable bonds is 6. The molecule has 118 valence electrons. The molecule has 0 aliphatic rings. The first-order valence-corrected chi connectivity index (χ1v) is 7.16. The largest absolute Gasteiger partial charge is 0.445 e. The Labute approximate surface area is 134 Å². The molecule has 0 aromatic heterocycles. The highest BCUT2D eigenvalue weighted by molar-refractivity contribution is 5.92. The minimum atomic E-state index is -0.470. The molecule has 0 bridgehead atoms. The van der Waals surface area contributed by atoms with Crippen molar-refractivity contribution < 1.29 is 14.3 Å². The SMILES string of the molecule is NC(=O)c1ccc(C=CCNC(=O)OCc2ccccc2)cc1. The van der Waals surface area contributed by atoms with Crippen LogP contribution < -0.4 is 11.1 Å². The number of nitrogens with one attached hydrogen (secondary N) is 1. The Morgan fingerprint density at radius 2 is 1.74 bits per heavy atom. The van der Waals surface area contributed by atoms with Crippen LogP contribution in [0, 0.1) is 0 Å². The second-order valence-electron chi connectivity index (χ2n) is 4.83. The molecule has 23 heavy (non-hydrogen) atoms. The van der Waals surface area contributed by atoms with Crippen LogP contribution >= 0.6 is 0 Å². The van der Waals surface area contributed by atoms with Crippen LogP contribution in [-0.4, -0.2) is 18.5 Å². The molecule has 0 aliphatic carbocycles. The molecule has 3 N–H and O–H groups in total. The zero-order chi connectivity index (χ0) is 16.5. The number of carbonyl (C=O) groups is 2. The van der Waals surface area contributed by atoms with Gasteiger partial charge in [0, 0.05) is 12.1 Å². The predicted molar refractivity (Wildman–Crippen MR) is 88.6 cm³/mol. The zero-order valence-electron chi connectivity index (χ0n) is 12.6. The minimum Gasteiger partial charge on any atom is -0.445 e. The quantitative estimate of drug-likeness (QED) is 0.860. The number of benzene rings is 2. The van der Waals surface area contributed by atoms with Crippen molar-refractivity contribution in [2.45, 2.75) is 6.61 Å². The van der Waals surface area contributed by atoms with E-state index in [2.05, 4.69) is 5.32 Å². The van der Waals surface area contributed by atoms with Crippen LogP contribution in [0.25, 0.3) is 6.08 Å². The highest BCUT2D eigenvalue weighted by Crippen LogP contribution is 2.05. The third kappa shape index (κ3) is 5.67. The molecule has 0 fully saturated rings. The second-order valence-corrected chi connectivity index (χ2v) is 4.83. The average Bonchev–Trinajstić information content (AvgIpc) is 2.58. The van der Waals surface area contributed by atoms with Crippen molar-refractivity contribution in [2.75, 3.05) is 6.54 Å². The van der Waals surface area contributed by atoms with Gasteiger partial charge in [-0.2, -0.15) is 0 Å². The number of hydrogen-bond donors (Lipinski definition) is 2. The van der Waals surface area contributed by atoms with Crippen molar-refractivity contribution >= 4 is 18.1 Å². The molecular weight excluding hydrogens is 292 g/mol. The minimum absolute atomic E-state index is 0.241. The van der Waals surface area contributed by atoms with Gasteiger partial charge in [0.25, 0.3) is 0 Å². The van der Waals surface area contributed by atoms with Crippen molar-refractivity contribution in [2.24, 2.45) is 5.73 Å². The van der Waals surface area contributed by atoms with E-state index in [1.165, 1.54) is 0 Å². The van der Waals surface area contributed by atoms with E-state index in [0.29, 0.717) is 12.1 Å². The Kier molecular flexibility index (Phi) is 5.94. The van der Waals surface area contributed by atoms with E-state index in [4.69, 9.17) is 10.5 Å². The molecule has 0 heterocycles. The topological polar surface area (TPSA) is 81.4 Å². The second kappa shape index (κ2) is 8.38. The number of primary amides is 1. The molecule has 2 aromatic carbocycles. The molecule has 2 rings (SSSR count). The summed E-state index contributed by atoms with van der Waals surface area (Å²) in [5.41, 5.74) is 7.48. The van der Waals surface area contributed by atoms with Gasteiger partial charge in [-0.25, -0.2) is 4.79 Å². The molecule has 0 saturated carbocycles.